The van der Waals surface area contributed by atoms with Gasteiger partial charge in [-0.1, -0.05) is 0 Å². The molecule has 0 atom stereocenters. The van der Waals surface area contributed by atoms with Crippen LogP contribution < -0.4 is 5.32 Å². The van der Waals surface area contributed by atoms with Gasteiger partial charge in [-0.2, -0.15) is 13.2 Å². The first-order chi connectivity index (χ1) is 8.94. The minimum Gasteiger partial charge on any atom is -0.508 e. The highest BCUT2D eigenvalue weighted by molar-refractivity contribution is 5.79. The number of furan rings is 1. The van der Waals surface area contributed by atoms with Crippen molar-refractivity contribution >= 4 is 11.0 Å². The number of benzene rings is 1. The van der Waals surface area contributed by atoms with Crippen molar-refractivity contribution < 1.29 is 22.7 Å². The lowest BCUT2D eigenvalue weighted by Gasteiger charge is -2.07. The van der Waals surface area contributed by atoms with Gasteiger partial charge in [0.05, 0.1) is 6.54 Å². The Hall–Kier alpha value is -1.69. The van der Waals surface area contributed by atoms with Crippen molar-refractivity contribution in [2.24, 2.45) is 0 Å². The number of alkyl halides is 3. The molecule has 0 amide bonds. The second kappa shape index (κ2) is 5.52. The second-order valence-electron chi connectivity index (χ2n) is 4.33. The number of phenolic OH excluding ortho intramolecular Hbond substituents is 1. The van der Waals surface area contributed by atoms with E-state index in [0.717, 1.165) is 5.39 Å². The predicted molar refractivity (Wildman–Crippen MR) is 65.1 cm³/mol. The van der Waals surface area contributed by atoms with Crippen LogP contribution in [0.1, 0.15) is 12.2 Å². The Morgan fingerprint density at radius 3 is 2.74 bits per heavy atom. The van der Waals surface area contributed by atoms with Gasteiger partial charge in [0, 0.05) is 11.8 Å². The fourth-order valence-electron chi connectivity index (χ4n) is 1.83. The van der Waals surface area contributed by atoms with Gasteiger partial charge < -0.3 is 14.8 Å². The largest absolute Gasteiger partial charge is 0.508 e. The van der Waals surface area contributed by atoms with Crippen molar-refractivity contribution in [1.82, 2.24) is 5.32 Å². The van der Waals surface area contributed by atoms with E-state index in [2.05, 4.69) is 5.32 Å². The maximum atomic E-state index is 11.9. The standard InChI is InChI=1S/C13H14F3NO2/c14-13(15,16)8-17-5-1-2-11-7-9-6-10(18)3-4-12(9)19-11/h3-4,6-7,17-18H,1-2,5,8H2. The molecule has 0 unspecified atom stereocenters. The average molecular weight is 273 g/mol. The Labute approximate surface area is 108 Å². The average Bonchev–Trinajstić information content (AvgIpc) is 2.68. The monoisotopic (exact) mass is 273 g/mol. The molecule has 1 heterocycles. The molecule has 0 bridgehead atoms. The van der Waals surface area contributed by atoms with Crippen LogP contribution >= 0.6 is 0 Å². The molecule has 0 aliphatic heterocycles. The van der Waals surface area contributed by atoms with Gasteiger partial charge in [0.15, 0.2) is 0 Å². The van der Waals surface area contributed by atoms with Crippen LogP contribution in [0, 0.1) is 0 Å². The van der Waals surface area contributed by atoms with Crippen LogP contribution in [0.25, 0.3) is 11.0 Å². The predicted octanol–water partition coefficient (Wildman–Crippen LogP) is 3.22. The fourth-order valence-corrected chi connectivity index (χ4v) is 1.83. The number of hydrogen-bond acceptors (Lipinski definition) is 3. The van der Waals surface area contributed by atoms with Crippen LogP contribution in [-0.4, -0.2) is 24.4 Å². The maximum Gasteiger partial charge on any atom is 0.401 e. The number of nitrogens with one attached hydrogen (secondary N) is 1. The minimum atomic E-state index is -4.17. The lowest BCUT2D eigenvalue weighted by molar-refractivity contribution is -0.124. The highest BCUT2D eigenvalue weighted by Crippen LogP contribution is 2.24. The molecule has 104 valence electrons. The van der Waals surface area contributed by atoms with Crippen LogP contribution in [0.2, 0.25) is 0 Å². The van der Waals surface area contributed by atoms with Crippen molar-refractivity contribution in [1.29, 1.82) is 0 Å². The highest BCUT2D eigenvalue weighted by Gasteiger charge is 2.25. The Balaban J connectivity index is 1.82. The molecule has 2 aromatic rings. The third kappa shape index (κ3) is 4.17. The van der Waals surface area contributed by atoms with E-state index in [-0.39, 0.29) is 12.3 Å². The van der Waals surface area contributed by atoms with Gasteiger partial charge in [-0.25, -0.2) is 0 Å². The number of hydrogen-bond donors (Lipinski definition) is 2. The van der Waals surface area contributed by atoms with Crippen molar-refractivity contribution in [3.63, 3.8) is 0 Å². The molecule has 1 aromatic heterocycles. The zero-order valence-electron chi connectivity index (χ0n) is 10.1. The third-order valence-electron chi connectivity index (χ3n) is 2.65. The summed E-state index contributed by atoms with van der Waals surface area (Å²) in [5.41, 5.74) is 0.663. The Bertz CT molecular complexity index is 548. The molecule has 3 nitrogen and oxygen atoms in total. The van der Waals surface area contributed by atoms with E-state index in [0.29, 0.717) is 24.2 Å². The third-order valence-corrected chi connectivity index (χ3v) is 2.65. The normalized spacial score (nSPS) is 12.2. The highest BCUT2D eigenvalue weighted by atomic mass is 19.4. The van der Waals surface area contributed by atoms with E-state index < -0.39 is 12.7 Å². The molecule has 6 heteroatoms. The number of halogens is 3. The fraction of sp³-hybridized carbons (Fsp3) is 0.385. The van der Waals surface area contributed by atoms with Crippen LogP contribution in [0.5, 0.6) is 5.75 Å². The molecule has 0 saturated heterocycles. The molecule has 0 spiro atoms. The van der Waals surface area contributed by atoms with E-state index in [1.54, 1.807) is 18.2 Å². The lowest BCUT2D eigenvalue weighted by Crippen LogP contribution is -2.29. The first-order valence-corrected chi connectivity index (χ1v) is 5.93. The Kier molecular flexibility index (Phi) is 3.99. The molecule has 0 aliphatic rings. The van der Waals surface area contributed by atoms with Crippen molar-refractivity contribution in [3.05, 3.63) is 30.0 Å². The second-order valence-corrected chi connectivity index (χ2v) is 4.33. The van der Waals surface area contributed by atoms with Gasteiger partial charge in [-0.15, -0.1) is 0 Å². The SMILES string of the molecule is Oc1ccc2oc(CCCNCC(F)(F)F)cc2c1. The van der Waals surface area contributed by atoms with Crippen LogP contribution in [0.3, 0.4) is 0 Å². The minimum absolute atomic E-state index is 0.159. The molecule has 1 aromatic carbocycles. The summed E-state index contributed by atoms with van der Waals surface area (Å²) >= 11 is 0. The summed E-state index contributed by atoms with van der Waals surface area (Å²) in [6, 6.07) is 6.57. The van der Waals surface area contributed by atoms with Crippen LogP contribution in [-0.2, 0) is 6.42 Å². The van der Waals surface area contributed by atoms with E-state index in [1.807, 2.05) is 0 Å². The summed E-state index contributed by atoms with van der Waals surface area (Å²) in [6.07, 6.45) is -3.06. The molecule has 2 N–H and O–H groups in total. The summed E-state index contributed by atoms with van der Waals surface area (Å²) in [6.45, 7) is -0.692. The molecule has 0 aliphatic carbocycles. The van der Waals surface area contributed by atoms with Gasteiger partial charge in [0.25, 0.3) is 0 Å². The number of aromatic hydroxyl groups is 1. The first-order valence-electron chi connectivity index (χ1n) is 5.93. The van der Waals surface area contributed by atoms with Gasteiger partial charge in [-0.05, 0) is 37.2 Å². The summed E-state index contributed by atoms with van der Waals surface area (Å²) in [5.74, 6) is 0.862. The zero-order valence-corrected chi connectivity index (χ0v) is 10.1. The van der Waals surface area contributed by atoms with E-state index in [4.69, 9.17) is 4.42 Å². The lowest BCUT2D eigenvalue weighted by atomic mass is 10.2. The molecule has 19 heavy (non-hydrogen) atoms. The van der Waals surface area contributed by atoms with Crippen LogP contribution in [0.4, 0.5) is 13.2 Å². The number of fused-ring (bicyclic) bond motifs is 1. The van der Waals surface area contributed by atoms with Crippen LogP contribution in [0.15, 0.2) is 28.7 Å². The topological polar surface area (TPSA) is 45.4 Å². The summed E-state index contributed by atoms with van der Waals surface area (Å²) < 4.78 is 41.1. The summed E-state index contributed by atoms with van der Waals surface area (Å²) in [4.78, 5) is 0. The quantitative estimate of drug-likeness (QED) is 0.822. The van der Waals surface area contributed by atoms with Gasteiger partial charge in [0.1, 0.15) is 17.1 Å². The summed E-state index contributed by atoms with van der Waals surface area (Å²) in [7, 11) is 0. The van der Waals surface area contributed by atoms with Gasteiger partial charge >= 0.3 is 6.18 Å². The van der Waals surface area contributed by atoms with E-state index in [1.165, 1.54) is 6.07 Å². The molecule has 0 saturated carbocycles. The molecule has 0 fully saturated rings. The maximum absolute atomic E-state index is 11.9. The van der Waals surface area contributed by atoms with E-state index in [9.17, 15) is 18.3 Å². The van der Waals surface area contributed by atoms with Crippen molar-refractivity contribution in [2.45, 2.75) is 19.0 Å². The molecular weight excluding hydrogens is 259 g/mol. The number of aryl methyl sites for hydroxylation is 1. The van der Waals surface area contributed by atoms with Crippen molar-refractivity contribution in [2.75, 3.05) is 13.1 Å². The van der Waals surface area contributed by atoms with Gasteiger partial charge in [0.2, 0.25) is 0 Å². The number of phenols is 1. The first kappa shape index (κ1) is 13.7. The van der Waals surface area contributed by atoms with Gasteiger partial charge in [-0.3, -0.25) is 0 Å². The van der Waals surface area contributed by atoms with E-state index >= 15 is 0 Å². The molecule has 0 radical (unpaired) electrons. The molecular formula is C13H14F3NO2. The smallest absolute Gasteiger partial charge is 0.401 e. The zero-order chi connectivity index (χ0) is 13.9. The van der Waals surface area contributed by atoms with Crippen molar-refractivity contribution in [3.8, 4) is 5.75 Å². The Morgan fingerprint density at radius 2 is 2.00 bits per heavy atom. The Morgan fingerprint density at radius 1 is 1.21 bits per heavy atom. The summed E-state index contributed by atoms with van der Waals surface area (Å²) in [5, 5.41) is 12.4. The number of rotatable bonds is 5. The molecule has 2 rings (SSSR count).